The molecule has 2 aromatic carbocycles. The molecule has 2 aliphatic rings. The molecule has 166 valence electrons. The number of carbonyl (C=O) groups is 2. The minimum absolute atomic E-state index is 0.208. The molecule has 33 heavy (non-hydrogen) atoms. The average molecular weight is 440 g/mol. The lowest BCUT2D eigenvalue weighted by Gasteiger charge is -2.32. The van der Waals surface area contributed by atoms with E-state index in [2.05, 4.69) is 11.1 Å². The zero-order chi connectivity index (χ0) is 22.8. The van der Waals surface area contributed by atoms with Gasteiger partial charge < -0.3 is 9.64 Å². The molecule has 3 aromatic rings. The largest absolute Gasteiger partial charge is 0.494 e. The predicted octanol–water partition coefficient (Wildman–Crippen LogP) is 4.21. The summed E-state index contributed by atoms with van der Waals surface area (Å²) in [5, 5.41) is 0. The average Bonchev–Trinajstić information content (AvgIpc) is 3.10. The number of carbonyl (C=O) groups excluding carboxylic acids is 2. The Balaban J connectivity index is 1.60. The van der Waals surface area contributed by atoms with E-state index in [-0.39, 0.29) is 18.4 Å². The summed E-state index contributed by atoms with van der Waals surface area (Å²) < 4.78 is 5.57. The SMILES string of the molecule is CCOc1ccc(C2=C(N3CCCc4ccccc43)C(=O)N(Cc3ccncc3)C2=O)cc1. The highest BCUT2D eigenvalue weighted by Crippen LogP contribution is 2.38. The van der Waals surface area contributed by atoms with Crippen LogP contribution in [0.5, 0.6) is 5.75 Å². The third-order valence-electron chi connectivity index (χ3n) is 6.07. The van der Waals surface area contributed by atoms with Crippen LogP contribution in [0.2, 0.25) is 0 Å². The number of aromatic nitrogens is 1. The van der Waals surface area contributed by atoms with Crippen molar-refractivity contribution in [3.63, 3.8) is 0 Å². The number of hydrogen-bond donors (Lipinski definition) is 0. The number of fused-ring (bicyclic) bond motifs is 1. The van der Waals surface area contributed by atoms with Gasteiger partial charge in [0.25, 0.3) is 11.8 Å². The van der Waals surface area contributed by atoms with Crippen LogP contribution < -0.4 is 9.64 Å². The standard InChI is InChI=1S/C27H25N3O3/c1-2-33-22-11-9-21(10-12-22)24-25(29-17-5-7-20-6-3-4-8-23(20)29)27(32)30(26(24)31)18-19-13-15-28-16-14-19/h3-4,6,8-16H,2,5,7,17-18H2,1H3. The summed E-state index contributed by atoms with van der Waals surface area (Å²) in [6.07, 6.45) is 5.22. The van der Waals surface area contributed by atoms with Crippen molar-refractivity contribution in [3.8, 4) is 5.75 Å². The first kappa shape index (κ1) is 20.9. The van der Waals surface area contributed by atoms with E-state index >= 15 is 0 Å². The van der Waals surface area contributed by atoms with Gasteiger partial charge in [0.2, 0.25) is 0 Å². The highest BCUT2D eigenvalue weighted by atomic mass is 16.5. The fourth-order valence-electron chi connectivity index (χ4n) is 4.54. The highest BCUT2D eigenvalue weighted by molar-refractivity contribution is 6.36. The van der Waals surface area contributed by atoms with Gasteiger partial charge in [0.15, 0.2) is 0 Å². The molecule has 0 aliphatic carbocycles. The summed E-state index contributed by atoms with van der Waals surface area (Å²) >= 11 is 0. The van der Waals surface area contributed by atoms with Gasteiger partial charge in [0.1, 0.15) is 11.4 Å². The molecule has 6 nitrogen and oxygen atoms in total. The van der Waals surface area contributed by atoms with Crippen LogP contribution in [0, 0.1) is 0 Å². The number of rotatable bonds is 6. The molecule has 0 radical (unpaired) electrons. The van der Waals surface area contributed by atoms with Crippen molar-refractivity contribution in [2.75, 3.05) is 18.1 Å². The summed E-state index contributed by atoms with van der Waals surface area (Å²) in [4.78, 5) is 34.8. The fourth-order valence-corrected chi connectivity index (χ4v) is 4.54. The van der Waals surface area contributed by atoms with Gasteiger partial charge in [-0.25, -0.2) is 0 Å². The Bertz CT molecular complexity index is 1220. The van der Waals surface area contributed by atoms with Gasteiger partial charge in [-0.1, -0.05) is 30.3 Å². The topological polar surface area (TPSA) is 62.7 Å². The van der Waals surface area contributed by atoms with Crippen LogP contribution in [0.15, 0.2) is 78.8 Å². The number of imide groups is 1. The number of benzene rings is 2. The molecule has 0 spiro atoms. The van der Waals surface area contributed by atoms with Crippen molar-refractivity contribution in [1.29, 1.82) is 0 Å². The molecule has 2 amide bonds. The van der Waals surface area contributed by atoms with E-state index in [0.717, 1.165) is 29.8 Å². The normalized spacial score (nSPS) is 15.8. The highest BCUT2D eigenvalue weighted by Gasteiger charge is 2.42. The quantitative estimate of drug-likeness (QED) is 0.539. The van der Waals surface area contributed by atoms with Crippen LogP contribution in [-0.2, 0) is 22.6 Å². The van der Waals surface area contributed by atoms with E-state index < -0.39 is 0 Å². The Morgan fingerprint density at radius 2 is 1.70 bits per heavy atom. The third-order valence-corrected chi connectivity index (χ3v) is 6.07. The van der Waals surface area contributed by atoms with Gasteiger partial charge in [-0.05, 0) is 66.8 Å². The van der Waals surface area contributed by atoms with E-state index in [1.54, 1.807) is 12.4 Å². The van der Waals surface area contributed by atoms with Gasteiger partial charge in [-0.15, -0.1) is 0 Å². The lowest BCUT2D eigenvalue weighted by Crippen LogP contribution is -2.36. The number of amides is 2. The molecule has 0 fully saturated rings. The van der Waals surface area contributed by atoms with E-state index in [0.29, 0.717) is 30.0 Å². The molecule has 0 saturated carbocycles. The predicted molar refractivity (Wildman–Crippen MR) is 126 cm³/mol. The number of ether oxygens (including phenoxy) is 1. The van der Waals surface area contributed by atoms with Gasteiger partial charge in [-0.3, -0.25) is 19.5 Å². The number of anilines is 1. The molecular weight excluding hydrogens is 414 g/mol. The number of aryl methyl sites for hydroxylation is 1. The number of hydrogen-bond acceptors (Lipinski definition) is 5. The van der Waals surface area contributed by atoms with Crippen molar-refractivity contribution in [1.82, 2.24) is 9.88 Å². The maximum absolute atomic E-state index is 13.7. The number of para-hydroxylation sites is 1. The Hall–Kier alpha value is -3.93. The molecule has 2 aliphatic heterocycles. The van der Waals surface area contributed by atoms with Gasteiger partial charge in [-0.2, -0.15) is 0 Å². The Morgan fingerprint density at radius 3 is 2.45 bits per heavy atom. The zero-order valence-electron chi connectivity index (χ0n) is 18.5. The molecule has 0 atom stereocenters. The van der Waals surface area contributed by atoms with Gasteiger partial charge >= 0.3 is 0 Å². The maximum atomic E-state index is 13.7. The molecule has 5 rings (SSSR count). The summed E-state index contributed by atoms with van der Waals surface area (Å²) in [6.45, 7) is 3.39. The molecule has 6 heteroatoms. The van der Waals surface area contributed by atoms with Crippen molar-refractivity contribution in [2.45, 2.75) is 26.3 Å². The zero-order valence-corrected chi connectivity index (χ0v) is 18.5. The van der Waals surface area contributed by atoms with Crippen LogP contribution in [0.4, 0.5) is 5.69 Å². The second kappa shape index (κ2) is 8.90. The minimum atomic E-state index is -0.279. The molecule has 3 heterocycles. The van der Waals surface area contributed by atoms with Crippen LogP contribution in [0.25, 0.3) is 5.57 Å². The van der Waals surface area contributed by atoms with Crippen LogP contribution in [-0.4, -0.2) is 34.8 Å². The Labute approximate surface area is 193 Å². The van der Waals surface area contributed by atoms with Gasteiger partial charge in [0.05, 0.1) is 18.7 Å². The summed E-state index contributed by atoms with van der Waals surface area (Å²) in [6, 6.07) is 19.2. The van der Waals surface area contributed by atoms with Gasteiger partial charge in [0, 0.05) is 24.6 Å². The molecule has 1 aromatic heterocycles. The smallest absolute Gasteiger partial charge is 0.278 e. The van der Waals surface area contributed by atoms with E-state index in [1.807, 2.05) is 66.4 Å². The van der Waals surface area contributed by atoms with E-state index in [1.165, 1.54) is 10.5 Å². The fraction of sp³-hybridized carbons (Fsp3) is 0.222. The van der Waals surface area contributed by atoms with Crippen LogP contribution in [0.1, 0.15) is 30.0 Å². The Kier molecular flexibility index (Phi) is 5.65. The van der Waals surface area contributed by atoms with E-state index in [4.69, 9.17) is 4.74 Å². The molecule has 0 bridgehead atoms. The molecular formula is C27H25N3O3. The lowest BCUT2D eigenvalue weighted by molar-refractivity contribution is -0.137. The maximum Gasteiger partial charge on any atom is 0.278 e. The second-order valence-corrected chi connectivity index (χ2v) is 8.12. The summed E-state index contributed by atoms with van der Waals surface area (Å²) in [7, 11) is 0. The second-order valence-electron chi connectivity index (χ2n) is 8.12. The van der Waals surface area contributed by atoms with Crippen molar-refractivity contribution in [2.24, 2.45) is 0 Å². The number of pyridine rings is 1. The van der Waals surface area contributed by atoms with Crippen LogP contribution >= 0.6 is 0 Å². The molecule has 0 saturated heterocycles. The first-order chi connectivity index (χ1) is 16.2. The Morgan fingerprint density at radius 1 is 0.939 bits per heavy atom. The molecule has 0 unspecified atom stereocenters. The number of nitrogens with zero attached hydrogens (tertiary/aromatic N) is 3. The van der Waals surface area contributed by atoms with E-state index in [9.17, 15) is 9.59 Å². The first-order valence-electron chi connectivity index (χ1n) is 11.3. The van der Waals surface area contributed by atoms with Crippen molar-refractivity contribution >= 4 is 23.1 Å². The monoisotopic (exact) mass is 439 g/mol. The van der Waals surface area contributed by atoms with Crippen LogP contribution in [0.3, 0.4) is 0 Å². The molecule has 0 N–H and O–H groups in total. The first-order valence-corrected chi connectivity index (χ1v) is 11.3. The summed E-state index contributed by atoms with van der Waals surface area (Å²) in [5.74, 6) is 0.188. The summed E-state index contributed by atoms with van der Waals surface area (Å²) in [5.41, 5.74) is 4.65. The minimum Gasteiger partial charge on any atom is -0.494 e. The van der Waals surface area contributed by atoms with Crippen molar-refractivity contribution in [3.05, 3.63) is 95.4 Å². The lowest BCUT2D eigenvalue weighted by atomic mass is 9.98. The third kappa shape index (κ3) is 3.89. The van der Waals surface area contributed by atoms with Crippen molar-refractivity contribution < 1.29 is 14.3 Å².